The topological polar surface area (TPSA) is 96.8 Å². The smallest absolute Gasteiger partial charge is 0.421 e. The van der Waals surface area contributed by atoms with Gasteiger partial charge < -0.3 is 14.7 Å². The number of aromatic nitrogens is 1. The minimum absolute atomic E-state index is 0.143. The van der Waals surface area contributed by atoms with Gasteiger partial charge in [-0.15, -0.1) is 0 Å². The number of aromatic carboxylic acids is 1. The van der Waals surface area contributed by atoms with Crippen molar-refractivity contribution in [1.82, 2.24) is 4.98 Å². The van der Waals surface area contributed by atoms with Crippen LogP contribution in [0, 0.1) is 11.8 Å². The number of carbonyl (C=O) groups is 3. The quantitative estimate of drug-likeness (QED) is 0.439. The molecule has 2 aromatic rings. The van der Waals surface area contributed by atoms with E-state index in [1.807, 2.05) is 0 Å². The average Bonchev–Trinajstić information content (AvgIpc) is 2.79. The van der Waals surface area contributed by atoms with Crippen molar-refractivity contribution >= 4 is 23.3 Å². The zero-order valence-corrected chi connectivity index (χ0v) is 20.6. The molecule has 0 saturated heterocycles. The number of anilines is 1. The molecule has 1 amide bonds. The molecule has 0 bridgehead atoms. The van der Waals surface area contributed by atoms with Gasteiger partial charge in [0.1, 0.15) is 11.3 Å². The van der Waals surface area contributed by atoms with Crippen molar-refractivity contribution in [3.05, 3.63) is 47.2 Å². The second-order valence-electron chi connectivity index (χ2n) is 9.48. The van der Waals surface area contributed by atoms with Crippen LogP contribution < -0.4 is 9.64 Å². The Morgan fingerprint density at radius 2 is 1.75 bits per heavy atom. The number of carboxylic acids is 1. The molecule has 1 aromatic heterocycles. The van der Waals surface area contributed by atoms with Crippen LogP contribution in [0.15, 0.2) is 30.5 Å². The van der Waals surface area contributed by atoms with Crippen LogP contribution in [0.1, 0.15) is 79.7 Å². The fourth-order valence-electron chi connectivity index (χ4n) is 4.36. The van der Waals surface area contributed by atoms with Crippen molar-refractivity contribution in [2.45, 2.75) is 65.6 Å². The van der Waals surface area contributed by atoms with Crippen molar-refractivity contribution in [2.24, 2.45) is 11.8 Å². The SMILES string of the molecule is CC(=O)c1cnc(Oc2ccc(N(C(=O)C3CCC(C)CC3)C(C)C)c(C(=O)O)c2)c(C(F)(F)F)c1. The van der Waals surface area contributed by atoms with Gasteiger partial charge in [-0.1, -0.05) is 6.92 Å². The van der Waals surface area contributed by atoms with Crippen molar-refractivity contribution in [1.29, 1.82) is 0 Å². The van der Waals surface area contributed by atoms with E-state index in [-0.39, 0.29) is 40.4 Å². The number of ether oxygens (including phenoxy) is 1. The molecule has 36 heavy (non-hydrogen) atoms. The summed E-state index contributed by atoms with van der Waals surface area (Å²) in [5, 5.41) is 9.87. The fourth-order valence-corrected chi connectivity index (χ4v) is 4.36. The number of amides is 1. The largest absolute Gasteiger partial charge is 0.478 e. The highest BCUT2D eigenvalue weighted by molar-refractivity contribution is 6.03. The summed E-state index contributed by atoms with van der Waals surface area (Å²) < 4.78 is 46.1. The molecule has 1 aromatic carbocycles. The maximum atomic E-state index is 13.6. The van der Waals surface area contributed by atoms with Gasteiger partial charge >= 0.3 is 12.1 Å². The molecule has 1 saturated carbocycles. The van der Waals surface area contributed by atoms with E-state index in [9.17, 15) is 32.7 Å². The third-order valence-electron chi connectivity index (χ3n) is 6.35. The maximum Gasteiger partial charge on any atom is 0.421 e. The Balaban J connectivity index is 1.99. The number of hydrogen-bond acceptors (Lipinski definition) is 5. The Morgan fingerprint density at radius 1 is 1.11 bits per heavy atom. The summed E-state index contributed by atoms with van der Waals surface area (Å²) in [4.78, 5) is 42.1. The summed E-state index contributed by atoms with van der Waals surface area (Å²) in [5.41, 5.74) is -1.64. The van der Waals surface area contributed by atoms with Crippen LogP contribution in [0.4, 0.5) is 18.9 Å². The lowest BCUT2D eigenvalue weighted by molar-refractivity contribution is -0.139. The summed E-state index contributed by atoms with van der Waals surface area (Å²) in [6.07, 6.45) is -0.634. The van der Waals surface area contributed by atoms with Crippen LogP contribution in [0.25, 0.3) is 0 Å². The van der Waals surface area contributed by atoms with E-state index >= 15 is 0 Å². The summed E-state index contributed by atoms with van der Waals surface area (Å²) in [6, 6.07) is 4.03. The first-order valence-electron chi connectivity index (χ1n) is 11.8. The molecule has 0 unspecified atom stereocenters. The third kappa shape index (κ3) is 6.03. The normalized spacial score (nSPS) is 18.1. The van der Waals surface area contributed by atoms with Crippen LogP contribution in [0.2, 0.25) is 0 Å². The number of rotatable bonds is 7. The fraction of sp³-hybridized carbons (Fsp3) is 0.462. The van der Waals surface area contributed by atoms with E-state index in [0.29, 0.717) is 12.0 Å². The Labute approximate surface area is 207 Å². The standard InChI is InChI=1S/C26H29F3N2O5/c1-14(2)31(24(33)17-7-5-15(3)6-8-17)22-10-9-19(12-20(22)25(34)35)36-23-21(26(27,28)29)11-18(13-30-23)16(4)32/h9-15,17H,5-8H2,1-4H3,(H,34,35). The van der Waals surface area contributed by atoms with Crippen LogP contribution in [-0.4, -0.2) is 33.8 Å². The van der Waals surface area contributed by atoms with Crippen molar-refractivity contribution in [3.63, 3.8) is 0 Å². The predicted molar refractivity (Wildman–Crippen MR) is 126 cm³/mol. The Hall–Kier alpha value is -3.43. The highest BCUT2D eigenvalue weighted by Crippen LogP contribution is 2.39. The van der Waals surface area contributed by atoms with Gasteiger partial charge in [0.25, 0.3) is 0 Å². The molecule has 7 nitrogen and oxygen atoms in total. The molecule has 1 aliphatic rings. The number of hydrogen-bond donors (Lipinski definition) is 1. The molecule has 0 spiro atoms. The lowest BCUT2D eigenvalue weighted by atomic mass is 9.82. The lowest BCUT2D eigenvalue weighted by Gasteiger charge is -2.34. The zero-order valence-electron chi connectivity index (χ0n) is 20.6. The molecule has 0 atom stereocenters. The highest BCUT2D eigenvalue weighted by atomic mass is 19.4. The zero-order chi connectivity index (χ0) is 26.8. The van der Waals surface area contributed by atoms with E-state index in [0.717, 1.165) is 44.9 Å². The summed E-state index contributed by atoms with van der Waals surface area (Å²) >= 11 is 0. The van der Waals surface area contributed by atoms with Crippen molar-refractivity contribution < 1.29 is 37.4 Å². The Morgan fingerprint density at radius 3 is 2.28 bits per heavy atom. The van der Waals surface area contributed by atoms with Gasteiger partial charge in [-0.2, -0.15) is 13.2 Å². The highest BCUT2D eigenvalue weighted by Gasteiger charge is 2.37. The van der Waals surface area contributed by atoms with E-state index in [2.05, 4.69) is 11.9 Å². The molecule has 1 fully saturated rings. The number of carboxylic acid groups (broad SMARTS) is 1. The van der Waals surface area contributed by atoms with Crippen LogP contribution in [0.5, 0.6) is 11.6 Å². The Kier molecular flexibility index (Phi) is 8.05. The molecule has 10 heteroatoms. The van der Waals surface area contributed by atoms with E-state index < -0.39 is 29.4 Å². The average molecular weight is 507 g/mol. The number of carbonyl (C=O) groups excluding carboxylic acids is 2. The number of benzene rings is 1. The number of alkyl halides is 3. The molecule has 0 radical (unpaired) electrons. The second kappa shape index (κ2) is 10.7. The first-order chi connectivity index (χ1) is 16.8. The summed E-state index contributed by atoms with van der Waals surface area (Å²) in [6.45, 7) is 6.80. The van der Waals surface area contributed by atoms with E-state index in [1.54, 1.807) is 13.8 Å². The molecule has 0 aliphatic heterocycles. The third-order valence-corrected chi connectivity index (χ3v) is 6.35. The van der Waals surface area contributed by atoms with Gasteiger partial charge in [0, 0.05) is 23.7 Å². The van der Waals surface area contributed by atoms with Gasteiger partial charge in [-0.25, -0.2) is 9.78 Å². The number of ketones is 1. The number of nitrogens with zero attached hydrogens (tertiary/aromatic N) is 2. The van der Waals surface area contributed by atoms with Gasteiger partial charge in [0.2, 0.25) is 11.8 Å². The van der Waals surface area contributed by atoms with Gasteiger partial charge in [0.15, 0.2) is 5.78 Å². The molecular weight excluding hydrogens is 477 g/mol. The lowest BCUT2D eigenvalue weighted by Crippen LogP contribution is -2.42. The minimum Gasteiger partial charge on any atom is -0.478 e. The van der Waals surface area contributed by atoms with Gasteiger partial charge in [-0.05, 0) is 76.6 Å². The van der Waals surface area contributed by atoms with Crippen LogP contribution >= 0.6 is 0 Å². The second-order valence-corrected chi connectivity index (χ2v) is 9.48. The molecular formula is C26H29F3N2O5. The monoisotopic (exact) mass is 506 g/mol. The van der Waals surface area contributed by atoms with Crippen LogP contribution in [0.3, 0.4) is 0 Å². The van der Waals surface area contributed by atoms with E-state index in [1.165, 1.54) is 17.0 Å². The molecule has 194 valence electrons. The molecule has 1 heterocycles. The predicted octanol–water partition coefficient (Wildman–Crippen LogP) is 6.36. The first kappa shape index (κ1) is 27.2. The van der Waals surface area contributed by atoms with Gasteiger partial charge in [-0.3, -0.25) is 9.59 Å². The summed E-state index contributed by atoms with van der Waals surface area (Å²) in [7, 11) is 0. The number of halogens is 3. The van der Waals surface area contributed by atoms with E-state index in [4.69, 9.17) is 4.74 Å². The molecule has 3 rings (SSSR count). The number of pyridine rings is 1. The number of Topliss-reactive ketones (excluding diaryl/α,β-unsaturated/α-hetero) is 1. The maximum absolute atomic E-state index is 13.6. The molecule has 1 aliphatic carbocycles. The van der Waals surface area contributed by atoms with Crippen molar-refractivity contribution in [3.8, 4) is 11.6 Å². The van der Waals surface area contributed by atoms with Gasteiger partial charge in [0.05, 0.1) is 11.3 Å². The summed E-state index contributed by atoms with van der Waals surface area (Å²) in [5.74, 6) is -2.83. The van der Waals surface area contributed by atoms with Crippen molar-refractivity contribution in [2.75, 3.05) is 4.90 Å². The first-order valence-corrected chi connectivity index (χ1v) is 11.8. The van der Waals surface area contributed by atoms with Crippen LogP contribution in [-0.2, 0) is 11.0 Å². The Bertz CT molecular complexity index is 1150. The minimum atomic E-state index is -4.86. The molecule has 1 N–H and O–H groups in total.